The first-order valence-corrected chi connectivity index (χ1v) is 8.27. The van der Waals surface area contributed by atoms with Crippen LogP contribution < -0.4 is 9.80 Å². The summed E-state index contributed by atoms with van der Waals surface area (Å²) in [5, 5.41) is 3.33. The van der Waals surface area contributed by atoms with Gasteiger partial charge in [-0.05, 0) is 13.8 Å². The molecule has 2 aromatic rings. The molecular formula is C15H19N5S. The second-order valence-electron chi connectivity index (χ2n) is 6.13. The van der Waals surface area contributed by atoms with Crippen molar-refractivity contribution in [2.24, 2.45) is 11.8 Å². The summed E-state index contributed by atoms with van der Waals surface area (Å²) in [6, 6.07) is 0. The molecule has 21 heavy (non-hydrogen) atoms. The van der Waals surface area contributed by atoms with Gasteiger partial charge in [0.25, 0.3) is 0 Å². The lowest BCUT2D eigenvalue weighted by molar-refractivity contribution is 0.533. The van der Waals surface area contributed by atoms with E-state index in [-0.39, 0.29) is 0 Å². The normalized spacial score (nSPS) is 24.7. The summed E-state index contributed by atoms with van der Waals surface area (Å²) in [6.45, 7) is 8.61. The molecule has 2 unspecified atom stereocenters. The van der Waals surface area contributed by atoms with Crippen LogP contribution in [0.3, 0.4) is 0 Å². The number of nitrogens with zero attached hydrogens (tertiary/aromatic N) is 5. The zero-order valence-corrected chi connectivity index (χ0v) is 13.2. The molecule has 2 fully saturated rings. The second kappa shape index (κ2) is 4.94. The van der Waals surface area contributed by atoms with Gasteiger partial charge >= 0.3 is 0 Å². The summed E-state index contributed by atoms with van der Waals surface area (Å²) in [4.78, 5) is 18.1. The largest absolute Gasteiger partial charge is 0.356 e. The Morgan fingerprint density at radius 1 is 1.10 bits per heavy atom. The second-order valence-corrected chi connectivity index (χ2v) is 6.97. The topological polar surface area (TPSA) is 45.2 Å². The average molecular weight is 301 g/mol. The van der Waals surface area contributed by atoms with Gasteiger partial charge in [-0.1, -0.05) is 0 Å². The van der Waals surface area contributed by atoms with Crippen LogP contribution in [0.15, 0.2) is 17.9 Å². The third-order valence-corrected chi connectivity index (χ3v) is 5.55. The van der Waals surface area contributed by atoms with Crippen LogP contribution in [0.1, 0.15) is 11.3 Å². The van der Waals surface area contributed by atoms with Crippen molar-refractivity contribution < 1.29 is 0 Å². The summed E-state index contributed by atoms with van der Waals surface area (Å²) in [6.07, 6.45) is 3.56. The van der Waals surface area contributed by atoms with Gasteiger partial charge in [-0.15, -0.1) is 11.3 Å². The Kier molecular flexibility index (Phi) is 3.06. The standard InChI is InChI=1S/C15H19N5S/c1-10-3-16-9-17-14(10)19-4-12-6-20(7-13(12)5-19)15-18-11(2)8-21-15/h3,8-9,12-13H,4-7H2,1-2H3. The smallest absolute Gasteiger partial charge is 0.185 e. The zero-order chi connectivity index (χ0) is 14.4. The molecule has 0 amide bonds. The van der Waals surface area contributed by atoms with Crippen LogP contribution in [0.4, 0.5) is 10.9 Å². The van der Waals surface area contributed by atoms with Gasteiger partial charge < -0.3 is 9.80 Å². The maximum absolute atomic E-state index is 4.62. The number of thiazole rings is 1. The highest BCUT2D eigenvalue weighted by molar-refractivity contribution is 7.13. The number of rotatable bonds is 2. The van der Waals surface area contributed by atoms with Crippen LogP contribution in [-0.2, 0) is 0 Å². The molecule has 4 rings (SSSR count). The monoisotopic (exact) mass is 301 g/mol. The van der Waals surface area contributed by atoms with Gasteiger partial charge in [-0.2, -0.15) is 0 Å². The maximum atomic E-state index is 4.62. The van der Waals surface area contributed by atoms with Crippen LogP contribution in [0.2, 0.25) is 0 Å². The highest BCUT2D eigenvalue weighted by Crippen LogP contribution is 2.36. The molecule has 110 valence electrons. The van der Waals surface area contributed by atoms with E-state index in [1.165, 1.54) is 10.7 Å². The minimum atomic E-state index is 0.726. The lowest BCUT2D eigenvalue weighted by Crippen LogP contribution is -2.29. The van der Waals surface area contributed by atoms with Gasteiger partial charge in [0.15, 0.2) is 5.13 Å². The molecule has 0 spiro atoms. The van der Waals surface area contributed by atoms with Crippen molar-refractivity contribution in [1.29, 1.82) is 0 Å². The fraction of sp³-hybridized carbons (Fsp3) is 0.533. The Hall–Kier alpha value is -1.69. The molecule has 2 aromatic heterocycles. The molecule has 4 heterocycles. The van der Waals surface area contributed by atoms with Crippen LogP contribution in [-0.4, -0.2) is 41.1 Å². The number of aryl methyl sites for hydroxylation is 2. The van der Waals surface area contributed by atoms with Gasteiger partial charge in [0.1, 0.15) is 12.1 Å². The zero-order valence-electron chi connectivity index (χ0n) is 12.4. The van der Waals surface area contributed by atoms with Gasteiger partial charge in [0.05, 0.1) is 5.69 Å². The summed E-state index contributed by atoms with van der Waals surface area (Å²) >= 11 is 1.77. The van der Waals surface area contributed by atoms with Gasteiger partial charge in [-0.25, -0.2) is 15.0 Å². The molecule has 2 aliphatic heterocycles. The van der Waals surface area contributed by atoms with E-state index in [1.807, 2.05) is 6.20 Å². The van der Waals surface area contributed by atoms with Gasteiger partial charge in [0, 0.05) is 55.2 Å². The van der Waals surface area contributed by atoms with E-state index in [1.54, 1.807) is 17.7 Å². The number of anilines is 2. The molecule has 0 bridgehead atoms. The van der Waals surface area contributed by atoms with Crippen molar-refractivity contribution in [3.8, 4) is 0 Å². The van der Waals surface area contributed by atoms with E-state index in [4.69, 9.17) is 0 Å². The van der Waals surface area contributed by atoms with Crippen LogP contribution in [0.5, 0.6) is 0 Å². The van der Waals surface area contributed by atoms with Crippen molar-refractivity contribution >= 4 is 22.3 Å². The molecule has 0 saturated carbocycles. The van der Waals surface area contributed by atoms with E-state index in [0.717, 1.165) is 49.5 Å². The Labute approximate surface area is 128 Å². The van der Waals surface area contributed by atoms with E-state index >= 15 is 0 Å². The molecule has 0 N–H and O–H groups in total. The molecule has 2 saturated heterocycles. The van der Waals surface area contributed by atoms with E-state index in [2.05, 4.69) is 44.0 Å². The van der Waals surface area contributed by atoms with Crippen molar-refractivity contribution in [2.45, 2.75) is 13.8 Å². The quantitative estimate of drug-likeness (QED) is 0.850. The summed E-state index contributed by atoms with van der Waals surface area (Å²) in [7, 11) is 0. The lowest BCUT2D eigenvalue weighted by atomic mass is 10.0. The Bertz CT molecular complexity index is 641. The summed E-state index contributed by atoms with van der Waals surface area (Å²) < 4.78 is 0. The van der Waals surface area contributed by atoms with Gasteiger partial charge in [0.2, 0.25) is 0 Å². The number of aromatic nitrogens is 3. The maximum Gasteiger partial charge on any atom is 0.185 e. The summed E-state index contributed by atoms with van der Waals surface area (Å²) in [5.74, 6) is 2.56. The third kappa shape index (κ3) is 2.27. The predicted molar refractivity (Wildman–Crippen MR) is 85.0 cm³/mol. The Balaban J connectivity index is 1.47. The minimum absolute atomic E-state index is 0.726. The summed E-state index contributed by atoms with van der Waals surface area (Å²) in [5.41, 5.74) is 2.30. The first kappa shape index (κ1) is 13.0. The van der Waals surface area contributed by atoms with Crippen LogP contribution in [0, 0.1) is 25.7 Å². The van der Waals surface area contributed by atoms with Crippen molar-refractivity contribution in [1.82, 2.24) is 15.0 Å². The highest BCUT2D eigenvalue weighted by Gasteiger charge is 2.41. The number of hydrogen-bond donors (Lipinski definition) is 0. The van der Waals surface area contributed by atoms with Crippen LogP contribution in [0.25, 0.3) is 0 Å². The fourth-order valence-electron chi connectivity index (χ4n) is 3.53. The molecule has 0 radical (unpaired) electrons. The first-order valence-electron chi connectivity index (χ1n) is 7.39. The SMILES string of the molecule is Cc1csc(N2CC3CN(c4ncncc4C)CC3C2)n1. The molecule has 2 aliphatic rings. The Morgan fingerprint density at radius 3 is 2.43 bits per heavy atom. The number of hydrogen-bond acceptors (Lipinski definition) is 6. The van der Waals surface area contributed by atoms with E-state index in [0.29, 0.717) is 0 Å². The Morgan fingerprint density at radius 2 is 1.81 bits per heavy atom. The van der Waals surface area contributed by atoms with E-state index in [9.17, 15) is 0 Å². The fourth-order valence-corrected chi connectivity index (χ4v) is 4.36. The van der Waals surface area contributed by atoms with Gasteiger partial charge in [-0.3, -0.25) is 0 Å². The van der Waals surface area contributed by atoms with Crippen molar-refractivity contribution in [3.05, 3.63) is 29.2 Å². The average Bonchev–Trinajstić information content (AvgIpc) is 3.12. The number of fused-ring (bicyclic) bond motifs is 1. The van der Waals surface area contributed by atoms with E-state index < -0.39 is 0 Å². The minimum Gasteiger partial charge on any atom is -0.356 e. The van der Waals surface area contributed by atoms with Crippen molar-refractivity contribution in [2.75, 3.05) is 36.0 Å². The molecule has 2 atom stereocenters. The molecule has 6 heteroatoms. The molecule has 0 aliphatic carbocycles. The third-order valence-electron chi connectivity index (χ3n) is 4.53. The first-order chi connectivity index (χ1) is 10.2. The lowest BCUT2D eigenvalue weighted by Gasteiger charge is -2.23. The van der Waals surface area contributed by atoms with Crippen molar-refractivity contribution in [3.63, 3.8) is 0 Å². The predicted octanol–water partition coefficient (Wildman–Crippen LogP) is 2.12. The molecule has 5 nitrogen and oxygen atoms in total. The molecular weight excluding hydrogens is 282 g/mol. The van der Waals surface area contributed by atoms with Crippen LogP contribution >= 0.6 is 11.3 Å². The molecule has 0 aromatic carbocycles. The highest BCUT2D eigenvalue weighted by atomic mass is 32.1.